The third-order valence-electron chi connectivity index (χ3n) is 3.25. The van der Waals surface area contributed by atoms with Gasteiger partial charge in [-0.05, 0) is 41.5 Å². The molecule has 1 aliphatic heterocycles. The minimum Gasteiger partial charge on any atom is -0.325 e. The highest BCUT2D eigenvalue weighted by Crippen LogP contribution is 2.33. The molecular formula is C15H12BrClN2O. The summed E-state index contributed by atoms with van der Waals surface area (Å²) < 4.78 is 0.973. The molecule has 0 saturated carbocycles. The molecule has 0 spiro atoms. The van der Waals surface area contributed by atoms with E-state index in [0.717, 1.165) is 21.3 Å². The first kappa shape index (κ1) is 13.6. The number of halogens is 2. The van der Waals surface area contributed by atoms with Crippen LogP contribution < -0.4 is 10.6 Å². The van der Waals surface area contributed by atoms with E-state index in [-0.39, 0.29) is 18.5 Å². The molecule has 0 aliphatic carbocycles. The standard InChI is InChI=1S/C15H12BrClN2O/c16-10-4-5-13-12(7-10)15(18-8-14(20)19-13)9-2-1-3-11(17)6-9/h1-7,15,18H,8H2,(H,19,20)/t15-/m0/s1. The molecule has 1 amide bonds. The zero-order chi connectivity index (χ0) is 14.1. The molecule has 2 N–H and O–H groups in total. The molecule has 3 rings (SSSR count). The second-order valence-corrected chi connectivity index (χ2v) is 6.00. The molecule has 0 aromatic heterocycles. The molecule has 0 unspecified atom stereocenters. The molecule has 0 fully saturated rings. The van der Waals surface area contributed by atoms with Crippen molar-refractivity contribution in [1.29, 1.82) is 0 Å². The fourth-order valence-corrected chi connectivity index (χ4v) is 2.95. The minimum absolute atomic E-state index is 0.0434. The van der Waals surface area contributed by atoms with E-state index in [4.69, 9.17) is 11.6 Å². The molecule has 2 aromatic carbocycles. The van der Waals surface area contributed by atoms with Crippen LogP contribution in [0.4, 0.5) is 5.69 Å². The van der Waals surface area contributed by atoms with Gasteiger partial charge in [-0.25, -0.2) is 0 Å². The van der Waals surface area contributed by atoms with E-state index in [2.05, 4.69) is 26.6 Å². The number of carbonyl (C=O) groups is 1. The van der Waals surface area contributed by atoms with Crippen molar-refractivity contribution in [2.24, 2.45) is 0 Å². The Kier molecular flexibility index (Phi) is 3.78. The average Bonchev–Trinajstić information content (AvgIpc) is 2.57. The number of rotatable bonds is 1. The zero-order valence-electron chi connectivity index (χ0n) is 10.5. The summed E-state index contributed by atoms with van der Waals surface area (Å²) in [5.74, 6) is -0.0434. The van der Waals surface area contributed by atoms with Crippen LogP contribution in [0.3, 0.4) is 0 Å². The van der Waals surface area contributed by atoms with Gasteiger partial charge in [-0.2, -0.15) is 0 Å². The number of amides is 1. The van der Waals surface area contributed by atoms with Crippen molar-refractivity contribution >= 4 is 39.1 Å². The smallest absolute Gasteiger partial charge is 0.238 e. The van der Waals surface area contributed by atoms with Crippen molar-refractivity contribution in [3.8, 4) is 0 Å². The number of carbonyl (C=O) groups excluding carboxylic acids is 1. The Hall–Kier alpha value is -1.36. The molecule has 0 radical (unpaired) electrons. The lowest BCUT2D eigenvalue weighted by Crippen LogP contribution is -2.27. The lowest BCUT2D eigenvalue weighted by Gasteiger charge is -2.19. The summed E-state index contributed by atoms with van der Waals surface area (Å²) in [6.07, 6.45) is 0. The highest BCUT2D eigenvalue weighted by atomic mass is 79.9. The van der Waals surface area contributed by atoms with E-state index in [0.29, 0.717) is 5.02 Å². The molecule has 1 heterocycles. The average molecular weight is 352 g/mol. The predicted molar refractivity (Wildman–Crippen MR) is 84.1 cm³/mol. The van der Waals surface area contributed by atoms with Gasteiger partial charge in [0.05, 0.1) is 12.6 Å². The van der Waals surface area contributed by atoms with Gasteiger partial charge in [-0.15, -0.1) is 0 Å². The van der Waals surface area contributed by atoms with Gasteiger partial charge in [0.2, 0.25) is 5.91 Å². The van der Waals surface area contributed by atoms with Gasteiger partial charge in [0.25, 0.3) is 0 Å². The maximum Gasteiger partial charge on any atom is 0.238 e. The van der Waals surface area contributed by atoms with Crippen LogP contribution in [0.25, 0.3) is 0 Å². The number of hydrogen-bond acceptors (Lipinski definition) is 2. The van der Waals surface area contributed by atoms with E-state index in [1.54, 1.807) is 0 Å². The fraction of sp³-hybridized carbons (Fsp3) is 0.133. The van der Waals surface area contributed by atoms with E-state index < -0.39 is 0 Å². The molecule has 20 heavy (non-hydrogen) atoms. The minimum atomic E-state index is -0.0693. The third kappa shape index (κ3) is 2.73. The number of nitrogens with one attached hydrogen (secondary N) is 2. The maximum atomic E-state index is 11.8. The summed E-state index contributed by atoms with van der Waals surface area (Å²) in [6.45, 7) is 0.267. The summed E-state index contributed by atoms with van der Waals surface area (Å²) in [5, 5.41) is 6.86. The van der Waals surface area contributed by atoms with Gasteiger partial charge in [0.1, 0.15) is 0 Å². The van der Waals surface area contributed by atoms with Crippen molar-refractivity contribution in [3.05, 3.63) is 63.1 Å². The van der Waals surface area contributed by atoms with Gasteiger partial charge < -0.3 is 5.32 Å². The molecule has 0 bridgehead atoms. The summed E-state index contributed by atoms with van der Waals surface area (Å²) >= 11 is 9.55. The van der Waals surface area contributed by atoms with Crippen LogP contribution >= 0.6 is 27.5 Å². The molecule has 5 heteroatoms. The largest absolute Gasteiger partial charge is 0.325 e. The summed E-state index contributed by atoms with van der Waals surface area (Å²) in [6, 6.07) is 13.4. The Morgan fingerprint density at radius 2 is 2.05 bits per heavy atom. The fourth-order valence-electron chi connectivity index (χ4n) is 2.37. The van der Waals surface area contributed by atoms with Gasteiger partial charge in [-0.3, -0.25) is 10.1 Å². The third-order valence-corrected chi connectivity index (χ3v) is 3.98. The molecule has 3 nitrogen and oxygen atoms in total. The number of hydrogen-bond donors (Lipinski definition) is 2. The highest BCUT2D eigenvalue weighted by Gasteiger charge is 2.23. The van der Waals surface area contributed by atoms with Gasteiger partial charge in [-0.1, -0.05) is 39.7 Å². The second-order valence-electron chi connectivity index (χ2n) is 4.65. The van der Waals surface area contributed by atoms with Crippen molar-refractivity contribution in [1.82, 2.24) is 5.32 Å². The van der Waals surface area contributed by atoms with Crippen LogP contribution in [0.1, 0.15) is 17.2 Å². The molecule has 2 aromatic rings. The Bertz CT molecular complexity index is 675. The summed E-state index contributed by atoms with van der Waals surface area (Å²) in [4.78, 5) is 11.8. The van der Waals surface area contributed by atoms with Crippen LogP contribution in [0.5, 0.6) is 0 Å². The zero-order valence-corrected chi connectivity index (χ0v) is 12.8. The van der Waals surface area contributed by atoms with Gasteiger partial charge in [0, 0.05) is 15.2 Å². The molecular weight excluding hydrogens is 340 g/mol. The first-order valence-corrected chi connectivity index (χ1v) is 7.39. The van der Waals surface area contributed by atoms with Crippen molar-refractivity contribution in [3.63, 3.8) is 0 Å². The van der Waals surface area contributed by atoms with Crippen LogP contribution in [0, 0.1) is 0 Å². The Morgan fingerprint density at radius 1 is 1.20 bits per heavy atom. The number of fused-ring (bicyclic) bond motifs is 1. The lowest BCUT2D eigenvalue weighted by atomic mass is 9.97. The summed E-state index contributed by atoms with van der Waals surface area (Å²) in [5.41, 5.74) is 2.88. The van der Waals surface area contributed by atoms with E-state index in [1.165, 1.54) is 0 Å². The SMILES string of the molecule is O=C1CN[C@@H](c2cccc(Cl)c2)c2cc(Br)ccc2N1. The van der Waals surface area contributed by atoms with Crippen molar-refractivity contribution < 1.29 is 4.79 Å². The topological polar surface area (TPSA) is 41.1 Å². The lowest BCUT2D eigenvalue weighted by molar-refractivity contribution is -0.115. The molecule has 1 aliphatic rings. The molecule has 0 saturated heterocycles. The van der Waals surface area contributed by atoms with Crippen molar-refractivity contribution in [2.75, 3.05) is 11.9 Å². The van der Waals surface area contributed by atoms with E-state index in [1.807, 2.05) is 42.5 Å². The van der Waals surface area contributed by atoms with Crippen molar-refractivity contribution in [2.45, 2.75) is 6.04 Å². The van der Waals surface area contributed by atoms with Crippen LogP contribution in [-0.4, -0.2) is 12.5 Å². The van der Waals surface area contributed by atoms with Gasteiger partial charge >= 0.3 is 0 Å². The van der Waals surface area contributed by atoms with Crippen LogP contribution in [0.2, 0.25) is 5.02 Å². The second kappa shape index (κ2) is 5.56. The summed E-state index contributed by atoms with van der Waals surface area (Å²) in [7, 11) is 0. The number of benzene rings is 2. The normalized spacial score (nSPS) is 18.1. The highest BCUT2D eigenvalue weighted by molar-refractivity contribution is 9.10. The first-order valence-electron chi connectivity index (χ1n) is 6.21. The van der Waals surface area contributed by atoms with Crippen LogP contribution in [0.15, 0.2) is 46.9 Å². The first-order chi connectivity index (χ1) is 9.63. The maximum absolute atomic E-state index is 11.8. The predicted octanol–water partition coefficient (Wildman–Crippen LogP) is 3.73. The van der Waals surface area contributed by atoms with Crippen LogP contribution in [-0.2, 0) is 4.79 Å². The van der Waals surface area contributed by atoms with E-state index in [9.17, 15) is 4.79 Å². The van der Waals surface area contributed by atoms with E-state index >= 15 is 0 Å². The molecule has 1 atom stereocenters. The molecule has 102 valence electrons. The Labute approximate surface area is 130 Å². The van der Waals surface area contributed by atoms with Gasteiger partial charge in [0.15, 0.2) is 0 Å². The Balaban J connectivity index is 2.12. The Morgan fingerprint density at radius 3 is 2.85 bits per heavy atom. The number of anilines is 1. The quantitative estimate of drug-likeness (QED) is 0.822. The monoisotopic (exact) mass is 350 g/mol.